The Kier molecular flexibility index (Phi) is 4.32. The van der Waals surface area contributed by atoms with Crippen LogP contribution in [0.1, 0.15) is 16.5 Å². The highest BCUT2D eigenvalue weighted by Crippen LogP contribution is 2.42. The molecule has 1 unspecified atom stereocenters. The van der Waals surface area contributed by atoms with Gasteiger partial charge in [-0.3, -0.25) is 9.69 Å². The summed E-state index contributed by atoms with van der Waals surface area (Å²) in [6.07, 6.45) is 0. The van der Waals surface area contributed by atoms with E-state index in [1.54, 1.807) is 18.9 Å². The number of amides is 1. The number of thioether (sulfide) groups is 1. The molecule has 3 rings (SSSR count). The van der Waals surface area contributed by atoms with Crippen LogP contribution in [0.3, 0.4) is 0 Å². The maximum Gasteiger partial charge on any atom is 0.238 e. The maximum absolute atomic E-state index is 12.3. The minimum Gasteiger partial charge on any atom is -0.497 e. The molecule has 2 aromatic rings. The smallest absolute Gasteiger partial charge is 0.238 e. The van der Waals surface area contributed by atoms with E-state index in [0.29, 0.717) is 10.8 Å². The molecule has 0 spiro atoms. The van der Waals surface area contributed by atoms with Gasteiger partial charge in [0.05, 0.1) is 12.9 Å². The molecule has 0 bridgehead atoms. The zero-order valence-corrected chi connectivity index (χ0v) is 13.9. The van der Waals surface area contributed by atoms with Crippen molar-refractivity contribution in [1.82, 2.24) is 0 Å². The molecular formula is C17H16ClNO2S. The summed E-state index contributed by atoms with van der Waals surface area (Å²) >= 11 is 7.83. The number of benzene rings is 2. The lowest BCUT2D eigenvalue weighted by Crippen LogP contribution is -2.27. The molecule has 0 N–H and O–H groups in total. The summed E-state index contributed by atoms with van der Waals surface area (Å²) in [5.41, 5.74) is 2.92. The average Bonchev–Trinajstić information content (AvgIpc) is 2.92. The van der Waals surface area contributed by atoms with E-state index in [1.165, 1.54) is 0 Å². The lowest BCUT2D eigenvalue weighted by Gasteiger charge is -2.25. The summed E-state index contributed by atoms with van der Waals surface area (Å²) in [5.74, 6) is 1.39. The second-order valence-electron chi connectivity index (χ2n) is 5.13. The van der Waals surface area contributed by atoms with Gasteiger partial charge in [0.1, 0.15) is 11.1 Å². The molecular weight excluding hydrogens is 318 g/mol. The highest BCUT2D eigenvalue weighted by molar-refractivity contribution is 8.00. The Morgan fingerprint density at radius 1 is 1.23 bits per heavy atom. The number of ether oxygens (including phenoxy) is 1. The van der Waals surface area contributed by atoms with Crippen LogP contribution in [0.4, 0.5) is 5.69 Å². The molecule has 1 fully saturated rings. The summed E-state index contributed by atoms with van der Waals surface area (Å²) in [4.78, 5) is 14.1. The molecule has 1 saturated heterocycles. The summed E-state index contributed by atoms with van der Waals surface area (Å²) in [5, 5.41) is 0.646. The van der Waals surface area contributed by atoms with Crippen molar-refractivity contribution in [2.75, 3.05) is 17.8 Å². The third kappa shape index (κ3) is 2.81. The van der Waals surface area contributed by atoms with Crippen LogP contribution in [-0.2, 0) is 4.79 Å². The van der Waals surface area contributed by atoms with Gasteiger partial charge < -0.3 is 4.74 Å². The van der Waals surface area contributed by atoms with E-state index in [4.69, 9.17) is 16.3 Å². The normalized spacial score (nSPS) is 17.9. The third-order valence-corrected chi connectivity index (χ3v) is 5.32. The minimum absolute atomic E-state index is 0.0304. The van der Waals surface area contributed by atoms with Crippen LogP contribution in [0, 0.1) is 6.92 Å². The molecule has 1 aliphatic heterocycles. The van der Waals surface area contributed by atoms with Gasteiger partial charge in [0.2, 0.25) is 5.91 Å². The Balaban J connectivity index is 1.96. The first kappa shape index (κ1) is 15.3. The molecule has 22 heavy (non-hydrogen) atoms. The van der Waals surface area contributed by atoms with Gasteiger partial charge in [-0.15, -0.1) is 11.8 Å². The Bertz CT molecular complexity index is 702. The third-order valence-electron chi connectivity index (χ3n) is 3.70. The van der Waals surface area contributed by atoms with E-state index in [2.05, 4.69) is 0 Å². The second kappa shape index (κ2) is 6.23. The number of hydrogen-bond acceptors (Lipinski definition) is 3. The highest BCUT2D eigenvalue weighted by Gasteiger charge is 2.34. The van der Waals surface area contributed by atoms with E-state index in [1.807, 2.05) is 54.3 Å². The number of rotatable bonds is 3. The number of carbonyl (C=O) groups excluding carboxylic acids is 1. The van der Waals surface area contributed by atoms with Gasteiger partial charge >= 0.3 is 0 Å². The van der Waals surface area contributed by atoms with Crippen molar-refractivity contribution in [1.29, 1.82) is 0 Å². The largest absolute Gasteiger partial charge is 0.497 e. The van der Waals surface area contributed by atoms with E-state index >= 15 is 0 Å². The molecule has 0 saturated carbocycles. The van der Waals surface area contributed by atoms with Crippen LogP contribution in [0.5, 0.6) is 5.75 Å². The quantitative estimate of drug-likeness (QED) is 0.832. The van der Waals surface area contributed by atoms with Crippen molar-refractivity contribution in [3.63, 3.8) is 0 Å². The Morgan fingerprint density at radius 2 is 1.95 bits per heavy atom. The lowest BCUT2D eigenvalue weighted by atomic mass is 10.1. The first-order chi connectivity index (χ1) is 10.6. The molecule has 1 heterocycles. The molecule has 2 aromatic carbocycles. The van der Waals surface area contributed by atoms with Crippen molar-refractivity contribution in [2.45, 2.75) is 12.3 Å². The Labute approximate surface area is 139 Å². The summed E-state index contributed by atoms with van der Waals surface area (Å²) < 4.78 is 5.19. The molecule has 0 aromatic heterocycles. The van der Waals surface area contributed by atoms with Gasteiger partial charge in [0.25, 0.3) is 0 Å². The number of methoxy groups -OCH3 is 1. The van der Waals surface area contributed by atoms with Crippen molar-refractivity contribution < 1.29 is 9.53 Å². The van der Waals surface area contributed by atoms with Crippen LogP contribution in [0.25, 0.3) is 0 Å². The predicted molar refractivity (Wildman–Crippen MR) is 91.9 cm³/mol. The molecule has 3 nitrogen and oxygen atoms in total. The molecule has 1 aliphatic rings. The van der Waals surface area contributed by atoms with Gasteiger partial charge in [-0.25, -0.2) is 0 Å². The number of halogens is 1. The van der Waals surface area contributed by atoms with Gasteiger partial charge in [0.15, 0.2) is 0 Å². The van der Waals surface area contributed by atoms with E-state index in [-0.39, 0.29) is 11.3 Å². The minimum atomic E-state index is -0.0304. The molecule has 5 heteroatoms. The Morgan fingerprint density at radius 3 is 2.59 bits per heavy atom. The summed E-state index contributed by atoms with van der Waals surface area (Å²) in [6, 6.07) is 13.6. The molecule has 1 atom stereocenters. The highest BCUT2D eigenvalue weighted by atomic mass is 35.5. The maximum atomic E-state index is 12.3. The SMILES string of the molecule is COc1ccc(C2SCC(=O)N2c2ccc(C)c(Cl)c2)cc1. The van der Waals surface area contributed by atoms with Gasteiger partial charge in [-0.05, 0) is 42.3 Å². The van der Waals surface area contributed by atoms with Gasteiger partial charge in [0, 0.05) is 10.7 Å². The lowest BCUT2D eigenvalue weighted by molar-refractivity contribution is -0.115. The number of hydrogen-bond donors (Lipinski definition) is 0. The summed E-state index contributed by atoms with van der Waals surface area (Å²) in [7, 11) is 1.64. The van der Waals surface area contributed by atoms with Crippen LogP contribution in [0.2, 0.25) is 5.02 Å². The van der Waals surface area contributed by atoms with Gasteiger partial charge in [-0.2, -0.15) is 0 Å². The fraction of sp³-hybridized carbons (Fsp3) is 0.235. The first-order valence-electron chi connectivity index (χ1n) is 6.94. The fourth-order valence-corrected chi connectivity index (χ4v) is 3.80. The molecule has 0 aliphatic carbocycles. The first-order valence-corrected chi connectivity index (χ1v) is 8.36. The van der Waals surface area contributed by atoms with E-state index in [0.717, 1.165) is 22.6 Å². The second-order valence-corrected chi connectivity index (χ2v) is 6.61. The monoisotopic (exact) mass is 333 g/mol. The summed E-state index contributed by atoms with van der Waals surface area (Å²) in [6.45, 7) is 1.95. The number of aryl methyl sites for hydroxylation is 1. The van der Waals surface area contributed by atoms with Crippen LogP contribution >= 0.6 is 23.4 Å². The van der Waals surface area contributed by atoms with E-state index in [9.17, 15) is 4.79 Å². The number of nitrogens with zero attached hydrogens (tertiary/aromatic N) is 1. The molecule has 1 amide bonds. The van der Waals surface area contributed by atoms with Crippen molar-refractivity contribution in [3.8, 4) is 5.75 Å². The van der Waals surface area contributed by atoms with Crippen LogP contribution in [-0.4, -0.2) is 18.8 Å². The van der Waals surface area contributed by atoms with Crippen LogP contribution < -0.4 is 9.64 Å². The topological polar surface area (TPSA) is 29.5 Å². The molecule has 114 valence electrons. The number of carbonyl (C=O) groups is 1. The van der Waals surface area contributed by atoms with Crippen molar-refractivity contribution in [2.24, 2.45) is 0 Å². The van der Waals surface area contributed by atoms with Crippen LogP contribution in [0.15, 0.2) is 42.5 Å². The predicted octanol–water partition coefficient (Wildman–Crippen LogP) is 4.44. The standard InChI is InChI=1S/C17H16ClNO2S/c1-11-3-6-13(9-15(11)18)19-16(20)10-22-17(19)12-4-7-14(21-2)8-5-12/h3-9,17H,10H2,1-2H3. The van der Waals surface area contributed by atoms with Gasteiger partial charge in [-0.1, -0.05) is 29.8 Å². The van der Waals surface area contributed by atoms with Crippen molar-refractivity contribution >= 4 is 35.0 Å². The number of anilines is 1. The zero-order chi connectivity index (χ0) is 15.7. The Hall–Kier alpha value is -1.65. The fourth-order valence-electron chi connectivity index (χ4n) is 2.45. The molecule has 0 radical (unpaired) electrons. The average molecular weight is 334 g/mol. The van der Waals surface area contributed by atoms with Crippen molar-refractivity contribution in [3.05, 3.63) is 58.6 Å². The zero-order valence-electron chi connectivity index (χ0n) is 12.4. The van der Waals surface area contributed by atoms with E-state index < -0.39 is 0 Å².